The lowest BCUT2D eigenvalue weighted by Crippen LogP contribution is -2.41. The number of hydrogen-bond acceptors (Lipinski definition) is 8. The van der Waals surface area contributed by atoms with Gasteiger partial charge in [-0.15, -0.1) is 0 Å². The number of halogens is 1. The summed E-state index contributed by atoms with van der Waals surface area (Å²) in [6.07, 6.45) is 3.05. The van der Waals surface area contributed by atoms with Crippen molar-refractivity contribution in [2.24, 2.45) is 0 Å². The molecule has 10 nitrogen and oxygen atoms in total. The van der Waals surface area contributed by atoms with Crippen molar-refractivity contribution in [3.63, 3.8) is 0 Å². The second kappa shape index (κ2) is 12.1. The number of carboxylic acids is 1. The van der Waals surface area contributed by atoms with E-state index in [1.165, 1.54) is 34.3 Å². The van der Waals surface area contributed by atoms with Crippen molar-refractivity contribution in [2.45, 2.75) is 17.4 Å². The van der Waals surface area contributed by atoms with E-state index in [9.17, 15) is 28.4 Å². The number of nitrogens with zero attached hydrogens (tertiary/aromatic N) is 2. The molecule has 1 heterocycles. The van der Waals surface area contributed by atoms with E-state index in [-0.39, 0.29) is 35.1 Å². The summed E-state index contributed by atoms with van der Waals surface area (Å²) in [5.74, 6) is -1.57. The standard InChI is InChI=1S/C19H23ClN4O6S2/c1-31-9-4-16(19(26)27)23-18(25)13(11-21)12-22-17-10-14(2-3-15(17)20)32(28,29)24-5-7-30-8-6-24/h2-3,10,12,16,22H,4-9H2,1H3,(H,23,25)(H,26,27)/b13-12-. The predicted octanol–water partition coefficient (Wildman–Crippen LogP) is 1.50. The quantitative estimate of drug-likeness (QED) is 0.319. The fourth-order valence-electron chi connectivity index (χ4n) is 2.74. The smallest absolute Gasteiger partial charge is 0.326 e. The summed E-state index contributed by atoms with van der Waals surface area (Å²) in [5, 5.41) is 23.7. The van der Waals surface area contributed by atoms with E-state index >= 15 is 0 Å². The van der Waals surface area contributed by atoms with Gasteiger partial charge in [-0.3, -0.25) is 4.79 Å². The van der Waals surface area contributed by atoms with Gasteiger partial charge in [-0.05, 0) is 36.6 Å². The number of benzene rings is 1. The summed E-state index contributed by atoms with van der Waals surface area (Å²) in [5.41, 5.74) is -0.225. The number of anilines is 1. The van der Waals surface area contributed by atoms with Crippen molar-refractivity contribution in [3.8, 4) is 6.07 Å². The molecule has 3 N–H and O–H groups in total. The zero-order valence-corrected chi connectivity index (χ0v) is 19.6. The lowest BCUT2D eigenvalue weighted by Gasteiger charge is -2.26. The van der Waals surface area contributed by atoms with E-state index in [2.05, 4.69) is 10.6 Å². The van der Waals surface area contributed by atoms with E-state index in [1.807, 2.05) is 6.26 Å². The fraction of sp³-hybridized carbons (Fsp3) is 0.421. The largest absolute Gasteiger partial charge is 0.480 e. The minimum absolute atomic E-state index is 0.00864. The minimum Gasteiger partial charge on any atom is -0.480 e. The van der Waals surface area contributed by atoms with Gasteiger partial charge in [0.1, 0.15) is 17.7 Å². The average molecular weight is 503 g/mol. The van der Waals surface area contributed by atoms with Crippen LogP contribution in [-0.4, -0.2) is 74.1 Å². The van der Waals surface area contributed by atoms with Crippen LogP contribution >= 0.6 is 23.4 Å². The molecule has 1 unspecified atom stereocenters. The number of thioether (sulfide) groups is 1. The van der Waals surface area contributed by atoms with Crippen molar-refractivity contribution in [3.05, 3.63) is 35.0 Å². The number of nitriles is 1. The highest BCUT2D eigenvalue weighted by molar-refractivity contribution is 7.98. The Bertz CT molecular complexity index is 1020. The van der Waals surface area contributed by atoms with Gasteiger partial charge in [-0.2, -0.15) is 21.3 Å². The molecule has 1 amide bonds. The topological polar surface area (TPSA) is 149 Å². The molecule has 0 aromatic heterocycles. The number of aliphatic carboxylic acids is 1. The van der Waals surface area contributed by atoms with E-state index in [4.69, 9.17) is 16.3 Å². The zero-order valence-electron chi connectivity index (χ0n) is 17.2. The van der Waals surface area contributed by atoms with Crippen molar-refractivity contribution in [1.82, 2.24) is 9.62 Å². The minimum atomic E-state index is -3.77. The predicted molar refractivity (Wildman–Crippen MR) is 121 cm³/mol. The number of rotatable bonds is 10. The first-order valence-electron chi connectivity index (χ1n) is 9.47. The van der Waals surface area contributed by atoms with Crippen LogP contribution in [0.1, 0.15) is 6.42 Å². The monoisotopic (exact) mass is 502 g/mol. The summed E-state index contributed by atoms with van der Waals surface area (Å²) in [7, 11) is -3.77. The van der Waals surface area contributed by atoms with Gasteiger partial charge in [0.2, 0.25) is 10.0 Å². The number of morpholine rings is 1. The van der Waals surface area contributed by atoms with Crippen LogP contribution in [0.3, 0.4) is 0 Å². The highest BCUT2D eigenvalue weighted by atomic mass is 35.5. The number of carboxylic acid groups (broad SMARTS) is 1. The van der Waals surface area contributed by atoms with Gasteiger partial charge < -0.3 is 20.5 Å². The lowest BCUT2D eigenvalue weighted by atomic mass is 10.2. The number of sulfonamides is 1. The Morgan fingerprint density at radius 3 is 2.69 bits per heavy atom. The fourth-order valence-corrected chi connectivity index (χ4v) is 4.82. The van der Waals surface area contributed by atoms with Gasteiger partial charge in [0, 0.05) is 19.3 Å². The van der Waals surface area contributed by atoms with Gasteiger partial charge in [0.25, 0.3) is 5.91 Å². The Kier molecular flexibility index (Phi) is 9.80. The van der Waals surface area contributed by atoms with E-state index < -0.39 is 33.5 Å². The molecule has 0 bridgehead atoms. The molecule has 1 aliphatic heterocycles. The molecule has 1 atom stereocenters. The maximum absolute atomic E-state index is 12.8. The maximum Gasteiger partial charge on any atom is 0.326 e. The lowest BCUT2D eigenvalue weighted by molar-refractivity contribution is -0.141. The Balaban J connectivity index is 2.19. The summed E-state index contributed by atoms with van der Waals surface area (Å²) in [6.45, 7) is 1.06. The molecule has 1 fully saturated rings. The zero-order chi connectivity index (χ0) is 23.7. The van der Waals surface area contributed by atoms with Gasteiger partial charge in [-0.25, -0.2) is 13.2 Å². The van der Waals surface area contributed by atoms with Crippen LogP contribution in [0.2, 0.25) is 5.02 Å². The molecule has 1 saturated heterocycles. The number of carbonyl (C=O) groups is 2. The number of carbonyl (C=O) groups excluding carboxylic acids is 1. The van der Waals surface area contributed by atoms with Gasteiger partial charge in [-0.1, -0.05) is 11.6 Å². The van der Waals surface area contributed by atoms with Crippen molar-refractivity contribution < 1.29 is 27.9 Å². The van der Waals surface area contributed by atoms with Crippen LogP contribution in [0, 0.1) is 11.3 Å². The molecule has 174 valence electrons. The second-order valence-electron chi connectivity index (χ2n) is 6.62. The van der Waals surface area contributed by atoms with Gasteiger partial charge in [0.05, 0.1) is 28.8 Å². The number of nitrogens with one attached hydrogen (secondary N) is 2. The Morgan fingerprint density at radius 2 is 2.09 bits per heavy atom. The van der Waals surface area contributed by atoms with Crippen LogP contribution in [0.15, 0.2) is 34.9 Å². The Morgan fingerprint density at radius 1 is 1.41 bits per heavy atom. The molecule has 13 heteroatoms. The van der Waals surface area contributed by atoms with E-state index in [0.29, 0.717) is 19.0 Å². The van der Waals surface area contributed by atoms with Crippen LogP contribution in [-0.2, 0) is 24.3 Å². The molecule has 1 aliphatic rings. The number of hydrogen-bond donors (Lipinski definition) is 3. The van der Waals surface area contributed by atoms with Crippen LogP contribution in [0.25, 0.3) is 0 Å². The van der Waals surface area contributed by atoms with E-state index in [0.717, 1.165) is 6.20 Å². The van der Waals surface area contributed by atoms with Gasteiger partial charge >= 0.3 is 5.97 Å². The Labute approximate surface area is 195 Å². The summed E-state index contributed by atoms with van der Waals surface area (Å²) >= 11 is 7.57. The van der Waals surface area contributed by atoms with Crippen LogP contribution in [0.4, 0.5) is 5.69 Å². The van der Waals surface area contributed by atoms with Crippen molar-refractivity contribution >= 4 is 50.9 Å². The molecular formula is C19H23ClN4O6S2. The average Bonchev–Trinajstić information content (AvgIpc) is 2.78. The highest BCUT2D eigenvalue weighted by Gasteiger charge is 2.27. The molecule has 0 saturated carbocycles. The number of amides is 1. The van der Waals surface area contributed by atoms with Crippen molar-refractivity contribution in [1.29, 1.82) is 5.26 Å². The SMILES string of the molecule is CSCCC(NC(=O)/C(C#N)=C\Nc1cc(S(=O)(=O)N2CCOCC2)ccc1Cl)C(=O)O. The summed E-state index contributed by atoms with van der Waals surface area (Å²) in [6, 6.07) is 4.61. The third kappa shape index (κ3) is 6.85. The van der Waals surface area contributed by atoms with E-state index in [1.54, 1.807) is 6.07 Å². The maximum atomic E-state index is 12.8. The molecule has 2 rings (SSSR count). The Hall–Kier alpha value is -2.30. The molecule has 1 aromatic rings. The first-order chi connectivity index (χ1) is 15.2. The molecule has 0 aliphatic carbocycles. The normalized spacial score (nSPS) is 16.1. The van der Waals surface area contributed by atoms with Crippen molar-refractivity contribution in [2.75, 3.05) is 43.6 Å². The molecular weight excluding hydrogens is 480 g/mol. The van der Waals surface area contributed by atoms with Crippen LogP contribution in [0.5, 0.6) is 0 Å². The third-order valence-electron chi connectivity index (χ3n) is 4.50. The molecule has 32 heavy (non-hydrogen) atoms. The highest BCUT2D eigenvalue weighted by Crippen LogP contribution is 2.27. The van der Waals surface area contributed by atoms with Gasteiger partial charge in [0.15, 0.2) is 0 Å². The molecule has 0 radical (unpaired) electrons. The number of ether oxygens (including phenoxy) is 1. The summed E-state index contributed by atoms with van der Waals surface area (Å²) < 4.78 is 32.2. The first-order valence-corrected chi connectivity index (χ1v) is 12.7. The third-order valence-corrected chi connectivity index (χ3v) is 7.36. The first kappa shape index (κ1) is 26.0. The van der Waals surface area contributed by atoms with Crippen LogP contribution < -0.4 is 10.6 Å². The summed E-state index contributed by atoms with van der Waals surface area (Å²) in [4.78, 5) is 23.6. The molecule has 1 aromatic carbocycles. The molecule has 0 spiro atoms. The second-order valence-corrected chi connectivity index (χ2v) is 9.95.